The molecule has 3 rings (SSSR count). The number of hydrogen-bond donors (Lipinski definition) is 0. The second-order valence-electron chi connectivity index (χ2n) is 6.33. The smallest absolute Gasteiger partial charge is 0.347 e. The molecular weight excluding hydrogens is 360 g/mol. The molecular formula is C22H22O6. The number of esters is 1. The minimum atomic E-state index is -0.808. The lowest BCUT2D eigenvalue weighted by molar-refractivity contribution is -0.152. The van der Waals surface area contributed by atoms with E-state index < -0.39 is 17.7 Å². The Bertz CT molecular complexity index is 1020. The SMILES string of the molecule is COCCOC(=O)[C@H](C)Oc1ccc2c(-c3ccccc3)cc(=O)oc2c1C. The van der Waals surface area contributed by atoms with Gasteiger partial charge in [0.2, 0.25) is 0 Å². The maximum Gasteiger partial charge on any atom is 0.347 e. The predicted molar refractivity (Wildman–Crippen MR) is 106 cm³/mol. The molecule has 0 radical (unpaired) electrons. The highest BCUT2D eigenvalue weighted by Crippen LogP contribution is 2.33. The van der Waals surface area contributed by atoms with Crippen molar-refractivity contribution < 1.29 is 23.4 Å². The average Bonchev–Trinajstić information content (AvgIpc) is 2.70. The number of aryl methyl sites for hydroxylation is 1. The summed E-state index contributed by atoms with van der Waals surface area (Å²) in [6.45, 7) is 3.88. The Morgan fingerprint density at radius 2 is 1.86 bits per heavy atom. The number of methoxy groups -OCH3 is 1. The minimum Gasteiger partial charge on any atom is -0.479 e. The Labute approximate surface area is 162 Å². The highest BCUT2D eigenvalue weighted by atomic mass is 16.6. The third kappa shape index (κ3) is 4.23. The van der Waals surface area contributed by atoms with E-state index in [9.17, 15) is 9.59 Å². The summed E-state index contributed by atoms with van der Waals surface area (Å²) in [6.07, 6.45) is -0.808. The molecule has 0 aliphatic rings. The Hall–Kier alpha value is -3.12. The van der Waals surface area contributed by atoms with E-state index in [2.05, 4.69) is 0 Å². The molecule has 2 aromatic carbocycles. The number of benzene rings is 2. The van der Waals surface area contributed by atoms with Crippen LogP contribution in [-0.4, -0.2) is 32.4 Å². The van der Waals surface area contributed by atoms with Gasteiger partial charge in [-0.2, -0.15) is 0 Å². The average molecular weight is 382 g/mol. The van der Waals surface area contributed by atoms with Crippen molar-refractivity contribution in [3.63, 3.8) is 0 Å². The van der Waals surface area contributed by atoms with Gasteiger partial charge in [-0.05, 0) is 37.1 Å². The molecule has 0 saturated carbocycles. The van der Waals surface area contributed by atoms with E-state index in [4.69, 9.17) is 18.6 Å². The van der Waals surface area contributed by atoms with Gasteiger partial charge in [0, 0.05) is 24.1 Å². The first-order valence-corrected chi connectivity index (χ1v) is 8.96. The molecule has 6 nitrogen and oxygen atoms in total. The van der Waals surface area contributed by atoms with Gasteiger partial charge in [0.15, 0.2) is 6.10 Å². The normalized spacial score (nSPS) is 12.0. The highest BCUT2D eigenvalue weighted by Gasteiger charge is 2.19. The molecule has 3 aromatic rings. The summed E-state index contributed by atoms with van der Waals surface area (Å²) in [4.78, 5) is 24.1. The summed E-state index contributed by atoms with van der Waals surface area (Å²) in [5, 5.41) is 0.797. The molecule has 0 unspecified atom stereocenters. The number of hydrogen-bond acceptors (Lipinski definition) is 6. The summed E-state index contributed by atoms with van der Waals surface area (Å²) in [5.41, 5.74) is 2.34. The van der Waals surface area contributed by atoms with Gasteiger partial charge in [-0.15, -0.1) is 0 Å². The molecule has 0 bridgehead atoms. The van der Waals surface area contributed by atoms with Gasteiger partial charge in [-0.25, -0.2) is 9.59 Å². The maximum absolute atomic E-state index is 12.1. The van der Waals surface area contributed by atoms with Crippen LogP contribution in [0, 0.1) is 6.92 Å². The van der Waals surface area contributed by atoms with E-state index in [1.807, 2.05) is 36.4 Å². The van der Waals surface area contributed by atoms with Crippen molar-refractivity contribution in [1.82, 2.24) is 0 Å². The zero-order valence-corrected chi connectivity index (χ0v) is 16.1. The van der Waals surface area contributed by atoms with E-state index in [1.54, 1.807) is 19.9 Å². The zero-order chi connectivity index (χ0) is 20.1. The lowest BCUT2D eigenvalue weighted by atomic mass is 10.00. The summed E-state index contributed by atoms with van der Waals surface area (Å²) in [6, 6.07) is 14.7. The quantitative estimate of drug-likeness (QED) is 0.352. The molecule has 1 atom stereocenters. The number of ether oxygens (including phenoxy) is 3. The molecule has 0 amide bonds. The van der Waals surface area contributed by atoms with Gasteiger partial charge >= 0.3 is 11.6 Å². The van der Waals surface area contributed by atoms with E-state index in [0.717, 1.165) is 16.5 Å². The first kappa shape index (κ1) is 19.6. The summed E-state index contributed by atoms with van der Waals surface area (Å²) >= 11 is 0. The maximum atomic E-state index is 12.1. The monoisotopic (exact) mass is 382 g/mol. The Kier molecular flexibility index (Phi) is 6.11. The minimum absolute atomic E-state index is 0.162. The highest BCUT2D eigenvalue weighted by molar-refractivity contribution is 5.95. The van der Waals surface area contributed by atoms with Gasteiger partial charge in [0.1, 0.15) is 17.9 Å². The van der Waals surface area contributed by atoms with Gasteiger partial charge < -0.3 is 18.6 Å². The summed E-state index contributed by atoms with van der Waals surface area (Å²) in [7, 11) is 1.53. The van der Waals surface area contributed by atoms with Gasteiger partial charge in [0.05, 0.1) is 6.61 Å². The zero-order valence-electron chi connectivity index (χ0n) is 16.1. The van der Waals surface area contributed by atoms with E-state index in [-0.39, 0.29) is 6.61 Å². The van der Waals surface area contributed by atoms with Crippen LogP contribution in [0.5, 0.6) is 5.75 Å². The summed E-state index contributed by atoms with van der Waals surface area (Å²) in [5.74, 6) is -0.0342. The van der Waals surface area contributed by atoms with Crippen LogP contribution in [0.25, 0.3) is 22.1 Å². The molecule has 0 aliphatic heterocycles. The van der Waals surface area contributed by atoms with E-state index in [0.29, 0.717) is 23.5 Å². The fourth-order valence-corrected chi connectivity index (χ4v) is 2.91. The number of carbonyl (C=O) groups excluding carboxylic acids is 1. The van der Waals surface area contributed by atoms with Crippen molar-refractivity contribution in [3.8, 4) is 16.9 Å². The van der Waals surface area contributed by atoms with Crippen molar-refractivity contribution in [1.29, 1.82) is 0 Å². The molecule has 0 aliphatic carbocycles. The Morgan fingerprint density at radius 3 is 2.57 bits per heavy atom. The molecule has 1 heterocycles. The van der Waals surface area contributed by atoms with Gasteiger partial charge in [-0.3, -0.25) is 0 Å². The first-order chi connectivity index (χ1) is 13.5. The molecule has 0 N–H and O–H groups in total. The second kappa shape index (κ2) is 8.71. The van der Waals surface area contributed by atoms with Crippen LogP contribution in [0.15, 0.2) is 57.7 Å². The fourth-order valence-electron chi connectivity index (χ4n) is 2.91. The lowest BCUT2D eigenvalue weighted by Crippen LogP contribution is -2.27. The van der Waals surface area contributed by atoms with Gasteiger partial charge in [0.25, 0.3) is 0 Å². The lowest BCUT2D eigenvalue weighted by Gasteiger charge is -2.16. The van der Waals surface area contributed by atoms with Crippen LogP contribution < -0.4 is 10.4 Å². The van der Waals surface area contributed by atoms with Crippen molar-refractivity contribution in [2.24, 2.45) is 0 Å². The molecule has 0 fully saturated rings. The van der Waals surface area contributed by atoms with Crippen LogP contribution in [0.3, 0.4) is 0 Å². The van der Waals surface area contributed by atoms with Gasteiger partial charge in [-0.1, -0.05) is 30.3 Å². The van der Waals surface area contributed by atoms with Crippen LogP contribution in [0.4, 0.5) is 0 Å². The number of carbonyl (C=O) groups is 1. The molecule has 0 spiro atoms. The number of rotatable bonds is 7. The Morgan fingerprint density at radius 1 is 1.11 bits per heavy atom. The van der Waals surface area contributed by atoms with Crippen LogP contribution in [-0.2, 0) is 14.3 Å². The largest absolute Gasteiger partial charge is 0.479 e. The molecule has 6 heteroatoms. The van der Waals surface area contributed by atoms with Crippen molar-refractivity contribution in [2.75, 3.05) is 20.3 Å². The van der Waals surface area contributed by atoms with E-state index >= 15 is 0 Å². The van der Waals surface area contributed by atoms with Crippen LogP contribution >= 0.6 is 0 Å². The third-order valence-corrected chi connectivity index (χ3v) is 4.36. The molecule has 28 heavy (non-hydrogen) atoms. The van der Waals surface area contributed by atoms with Crippen molar-refractivity contribution in [2.45, 2.75) is 20.0 Å². The molecule has 146 valence electrons. The standard InChI is InChI=1S/C22H22O6/c1-14-19(27-15(2)22(24)26-12-11-25-3)10-9-17-18(13-20(23)28-21(14)17)16-7-5-4-6-8-16/h4-10,13,15H,11-12H2,1-3H3/t15-/m0/s1. The number of fused-ring (bicyclic) bond motifs is 1. The molecule has 1 aromatic heterocycles. The predicted octanol–water partition coefficient (Wildman–Crippen LogP) is 3.73. The third-order valence-electron chi connectivity index (χ3n) is 4.36. The fraction of sp³-hybridized carbons (Fsp3) is 0.273. The van der Waals surface area contributed by atoms with Crippen molar-refractivity contribution >= 4 is 16.9 Å². The first-order valence-electron chi connectivity index (χ1n) is 8.96. The topological polar surface area (TPSA) is 75.0 Å². The molecule has 0 saturated heterocycles. The van der Waals surface area contributed by atoms with E-state index in [1.165, 1.54) is 13.2 Å². The summed E-state index contributed by atoms with van der Waals surface area (Å²) < 4.78 is 21.1. The second-order valence-corrected chi connectivity index (χ2v) is 6.33. The Balaban J connectivity index is 1.94. The van der Waals surface area contributed by atoms with Crippen LogP contribution in [0.1, 0.15) is 12.5 Å². The van der Waals surface area contributed by atoms with Crippen molar-refractivity contribution in [3.05, 3.63) is 64.5 Å². The van der Waals surface area contributed by atoms with Crippen LogP contribution in [0.2, 0.25) is 0 Å².